The maximum absolute atomic E-state index is 13.1. The normalized spacial score (nSPS) is 25.8. The molecule has 1 heterocycles. The van der Waals surface area contributed by atoms with Crippen LogP contribution in [0.4, 0.5) is 0 Å². The van der Waals surface area contributed by atoms with Crippen molar-refractivity contribution in [2.75, 3.05) is 20.8 Å². The molecule has 1 N–H and O–H groups in total. The molecule has 142 valence electrons. The van der Waals surface area contributed by atoms with E-state index in [1.165, 1.54) is 0 Å². The summed E-state index contributed by atoms with van der Waals surface area (Å²) in [5.74, 6) is 0.447. The number of carbonyl (C=O) groups is 2. The minimum absolute atomic E-state index is 0.0497. The Hall–Kier alpha value is -2.24. The number of amides is 1. The predicted molar refractivity (Wildman–Crippen MR) is 96.3 cm³/mol. The van der Waals surface area contributed by atoms with E-state index in [-0.39, 0.29) is 23.8 Å². The molecule has 1 aromatic carbocycles. The Morgan fingerprint density at radius 1 is 1.00 bits per heavy atom. The molecule has 0 radical (unpaired) electrons. The summed E-state index contributed by atoms with van der Waals surface area (Å²) in [5.41, 5.74) is 1.06. The number of likely N-dealkylation sites (tertiary alicyclic amines) is 1. The lowest BCUT2D eigenvalue weighted by atomic mass is 9.81. The zero-order valence-electron chi connectivity index (χ0n) is 15.4. The largest absolute Gasteiger partial charge is 0.493 e. The molecule has 0 bridgehead atoms. The second-order valence-electron chi connectivity index (χ2n) is 7.19. The number of nitrogens with zero attached hydrogens (tertiary/aromatic N) is 1. The van der Waals surface area contributed by atoms with E-state index < -0.39 is 5.97 Å². The Balaban J connectivity index is 1.72. The minimum Gasteiger partial charge on any atom is -0.493 e. The van der Waals surface area contributed by atoms with Crippen LogP contribution >= 0.6 is 0 Å². The van der Waals surface area contributed by atoms with Crippen LogP contribution in [-0.4, -0.2) is 42.6 Å². The highest BCUT2D eigenvalue weighted by Crippen LogP contribution is 2.39. The molecule has 1 aliphatic carbocycles. The van der Waals surface area contributed by atoms with Gasteiger partial charge < -0.3 is 19.5 Å². The van der Waals surface area contributed by atoms with Crippen LogP contribution in [0.2, 0.25) is 0 Å². The maximum Gasteiger partial charge on any atom is 0.306 e. The summed E-state index contributed by atoms with van der Waals surface area (Å²) in [6.45, 7) is 0.761. The Morgan fingerprint density at radius 3 is 2.27 bits per heavy atom. The summed E-state index contributed by atoms with van der Waals surface area (Å²) in [6, 6.07) is 5.89. The fourth-order valence-corrected chi connectivity index (χ4v) is 4.26. The van der Waals surface area contributed by atoms with Crippen molar-refractivity contribution in [2.24, 2.45) is 11.8 Å². The molecule has 1 aromatic rings. The standard InChI is InChI=1S/C20H27NO5/c1-25-17-10-9-15(12-18(17)26-2)16-4-3-11-21(16)19(22)13-5-7-14(8-6-13)20(23)24/h9-10,12-14,16H,3-8,11H2,1-2H3,(H,23,24). The highest BCUT2D eigenvalue weighted by Gasteiger charge is 2.37. The van der Waals surface area contributed by atoms with Crippen LogP contribution in [0.1, 0.15) is 50.1 Å². The van der Waals surface area contributed by atoms with Crippen LogP contribution in [0.3, 0.4) is 0 Å². The molecule has 0 aromatic heterocycles. The van der Waals surface area contributed by atoms with E-state index >= 15 is 0 Å². The van der Waals surface area contributed by atoms with E-state index in [2.05, 4.69) is 0 Å². The van der Waals surface area contributed by atoms with Crippen molar-refractivity contribution in [2.45, 2.75) is 44.6 Å². The Kier molecular flexibility index (Phi) is 5.69. The lowest BCUT2D eigenvalue weighted by Crippen LogP contribution is -2.38. The molecule has 6 heteroatoms. The first-order valence-electron chi connectivity index (χ1n) is 9.30. The van der Waals surface area contributed by atoms with E-state index in [9.17, 15) is 9.59 Å². The van der Waals surface area contributed by atoms with Gasteiger partial charge in [0.2, 0.25) is 5.91 Å². The monoisotopic (exact) mass is 361 g/mol. The van der Waals surface area contributed by atoms with Crippen LogP contribution in [0, 0.1) is 11.8 Å². The number of carboxylic acids is 1. The molecule has 1 amide bonds. The first kappa shape index (κ1) is 18.5. The van der Waals surface area contributed by atoms with Crippen molar-refractivity contribution in [3.63, 3.8) is 0 Å². The third kappa shape index (κ3) is 3.64. The van der Waals surface area contributed by atoms with Crippen LogP contribution in [-0.2, 0) is 9.59 Å². The van der Waals surface area contributed by atoms with Crippen LogP contribution in [0.5, 0.6) is 11.5 Å². The van der Waals surface area contributed by atoms with Gasteiger partial charge in [-0.3, -0.25) is 9.59 Å². The average Bonchev–Trinajstić information content (AvgIpc) is 3.16. The summed E-state index contributed by atoms with van der Waals surface area (Å²) in [6.07, 6.45) is 4.46. The fraction of sp³-hybridized carbons (Fsp3) is 0.600. The number of aliphatic carboxylic acids is 1. The SMILES string of the molecule is COc1ccc(C2CCCN2C(=O)C2CCC(C(=O)O)CC2)cc1OC. The average molecular weight is 361 g/mol. The number of carboxylic acid groups (broad SMARTS) is 1. The second kappa shape index (κ2) is 7.98. The summed E-state index contributed by atoms with van der Waals surface area (Å²) in [4.78, 5) is 26.2. The van der Waals surface area contributed by atoms with E-state index in [4.69, 9.17) is 14.6 Å². The van der Waals surface area contributed by atoms with Crippen LogP contribution < -0.4 is 9.47 Å². The summed E-state index contributed by atoms with van der Waals surface area (Å²) in [7, 11) is 3.22. The van der Waals surface area contributed by atoms with E-state index in [0.29, 0.717) is 37.2 Å². The van der Waals surface area contributed by atoms with Gasteiger partial charge in [0, 0.05) is 12.5 Å². The van der Waals surface area contributed by atoms with Gasteiger partial charge in [-0.1, -0.05) is 6.07 Å². The third-order valence-corrected chi connectivity index (χ3v) is 5.75. The van der Waals surface area contributed by atoms with Crippen molar-refractivity contribution in [1.82, 2.24) is 4.90 Å². The zero-order valence-corrected chi connectivity index (χ0v) is 15.4. The summed E-state index contributed by atoms with van der Waals surface area (Å²) in [5, 5.41) is 9.14. The molecule has 1 saturated heterocycles. The number of ether oxygens (including phenoxy) is 2. The van der Waals surface area contributed by atoms with Gasteiger partial charge in [0.05, 0.1) is 26.2 Å². The van der Waals surface area contributed by atoms with Gasteiger partial charge in [-0.15, -0.1) is 0 Å². The summed E-state index contributed by atoms with van der Waals surface area (Å²) >= 11 is 0. The molecule has 3 rings (SSSR count). The van der Waals surface area contributed by atoms with Crippen LogP contribution in [0.15, 0.2) is 18.2 Å². The first-order valence-corrected chi connectivity index (χ1v) is 9.30. The molecule has 2 fully saturated rings. The molecule has 2 aliphatic rings. The quantitative estimate of drug-likeness (QED) is 0.871. The van der Waals surface area contributed by atoms with Gasteiger partial charge in [0.25, 0.3) is 0 Å². The molecule has 1 aliphatic heterocycles. The van der Waals surface area contributed by atoms with Crippen molar-refractivity contribution >= 4 is 11.9 Å². The third-order valence-electron chi connectivity index (χ3n) is 5.75. The Morgan fingerprint density at radius 2 is 1.65 bits per heavy atom. The Bertz CT molecular complexity index is 666. The minimum atomic E-state index is -0.736. The molecule has 1 saturated carbocycles. The van der Waals surface area contributed by atoms with Crippen molar-refractivity contribution in [3.8, 4) is 11.5 Å². The summed E-state index contributed by atoms with van der Waals surface area (Å²) < 4.78 is 10.7. The number of benzene rings is 1. The van der Waals surface area contributed by atoms with E-state index in [1.54, 1.807) is 14.2 Å². The molecule has 6 nitrogen and oxygen atoms in total. The van der Waals surface area contributed by atoms with Gasteiger partial charge in [-0.2, -0.15) is 0 Å². The lowest BCUT2D eigenvalue weighted by Gasteiger charge is -2.32. The predicted octanol–water partition coefficient (Wildman–Crippen LogP) is 3.26. The molecular weight excluding hydrogens is 334 g/mol. The number of carbonyl (C=O) groups excluding carboxylic acids is 1. The van der Waals surface area contributed by atoms with E-state index in [0.717, 1.165) is 24.9 Å². The van der Waals surface area contributed by atoms with Gasteiger partial charge in [-0.05, 0) is 56.2 Å². The topological polar surface area (TPSA) is 76.1 Å². The number of rotatable bonds is 5. The highest BCUT2D eigenvalue weighted by atomic mass is 16.5. The fourth-order valence-electron chi connectivity index (χ4n) is 4.26. The Labute approximate surface area is 154 Å². The van der Waals surface area contributed by atoms with E-state index in [1.807, 2.05) is 23.1 Å². The van der Waals surface area contributed by atoms with Crippen molar-refractivity contribution < 1.29 is 24.2 Å². The molecule has 26 heavy (non-hydrogen) atoms. The highest BCUT2D eigenvalue weighted by molar-refractivity contribution is 5.80. The number of hydrogen-bond acceptors (Lipinski definition) is 4. The smallest absolute Gasteiger partial charge is 0.306 e. The lowest BCUT2D eigenvalue weighted by molar-refractivity contribution is -0.146. The molecule has 0 spiro atoms. The van der Waals surface area contributed by atoms with Gasteiger partial charge in [0.1, 0.15) is 0 Å². The molecule has 1 unspecified atom stereocenters. The van der Waals surface area contributed by atoms with Gasteiger partial charge in [0.15, 0.2) is 11.5 Å². The zero-order chi connectivity index (χ0) is 18.7. The first-order chi connectivity index (χ1) is 12.5. The number of hydrogen-bond donors (Lipinski definition) is 1. The molecule has 1 atom stereocenters. The van der Waals surface area contributed by atoms with Gasteiger partial charge in [-0.25, -0.2) is 0 Å². The second-order valence-corrected chi connectivity index (χ2v) is 7.19. The number of methoxy groups -OCH3 is 2. The maximum atomic E-state index is 13.1. The van der Waals surface area contributed by atoms with Crippen molar-refractivity contribution in [3.05, 3.63) is 23.8 Å². The van der Waals surface area contributed by atoms with Crippen LogP contribution in [0.25, 0.3) is 0 Å². The van der Waals surface area contributed by atoms with Gasteiger partial charge >= 0.3 is 5.97 Å². The molecular formula is C20H27NO5. The van der Waals surface area contributed by atoms with Crippen molar-refractivity contribution in [1.29, 1.82) is 0 Å².